The second-order valence-corrected chi connectivity index (χ2v) is 6.19. The van der Waals surface area contributed by atoms with Crippen LogP contribution >= 0.6 is 0 Å². The van der Waals surface area contributed by atoms with Crippen molar-refractivity contribution in [1.82, 2.24) is 0 Å². The predicted molar refractivity (Wildman–Crippen MR) is 86.8 cm³/mol. The zero-order valence-electron chi connectivity index (χ0n) is 13.5. The fourth-order valence-electron chi connectivity index (χ4n) is 3.00. The first-order chi connectivity index (χ1) is 9.15. The van der Waals surface area contributed by atoms with E-state index in [0.29, 0.717) is 0 Å². The minimum Gasteiger partial charge on any atom is -0.0654 e. The molecule has 0 aliphatic carbocycles. The van der Waals surface area contributed by atoms with Gasteiger partial charge in [0.2, 0.25) is 0 Å². The Morgan fingerprint density at radius 1 is 0.789 bits per heavy atom. The van der Waals surface area contributed by atoms with E-state index in [4.69, 9.17) is 0 Å². The molecule has 1 aromatic rings. The van der Waals surface area contributed by atoms with Crippen LogP contribution in [0, 0.1) is 19.8 Å². The molecule has 0 fully saturated rings. The van der Waals surface area contributed by atoms with Gasteiger partial charge in [-0.15, -0.1) is 0 Å². The summed E-state index contributed by atoms with van der Waals surface area (Å²) in [6, 6.07) is 7.00. The average molecular weight is 260 g/mol. The van der Waals surface area contributed by atoms with Gasteiger partial charge in [-0.2, -0.15) is 0 Å². The van der Waals surface area contributed by atoms with E-state index in [2.05, 4.69) is 45.9 Å². The first-order valence-corrected chi connectivity index (χ1v) is 8.22. The van der Waals surface area contributed by atoms with Gasteiger partial charge < -0.3 is 0 Å². The van der Waals surface area contributed by atoms with Crippen LogP contribution in [-0.4, -0.2) is 0 Å². The predicted octanol–water partition coefficient (Wildman–Crippen LogP) is 6.23. The van der Waals surface area contributed by atoms with Crippen molar-refractivity contribution in [2.45, 2.75) is 79.1 Å². The molecule has 0 atom stereocenters. The van der Waals surface area contributed by atoms with Crippen molar-refractivity contribution >= 4 is 0 Å². The Morgan fingerprint density at radius 3 is 1.79 bits per heavy atom. The summed E-state index contributed by atoms with van der Waals surface area (Å²) in [6.45, 7) is 9.03. The van der Waals surface area contributed by atoms with Crippen LogP contribution in [0.25, 0.3) is 0 Å². The van der Waals surface area contributed by atoms with Crippen molar-refractivity contribution in [3.05, 3.63) is 34.9 Å². The average Bonchev–Trinajstić information content (AvgIpc) is 2.37. The molecule has 1 aromatic carbocycles. The molecule has 0 saturated carbocycles. The quantitative estimate of drug-likeness (QED) is 0.493. The lowest BCUT2D eigenvalue weighted by molar-refractivity contribution is 0.394. The molecule has 0 radical (unpaired) electrons. The van der Waals surface area contributed by atoms with Crippen molar-refractivity contribution in [3.8, 4) is 0 Å². The topological polar surface area (TPSA) is 0 Å². The minimum absolute atomic E-state index is 0.945. The number of hydrogen-bond acceptors (Lipinski definition) is 0. The van der Waals surface area contributed by atoms with E-state index in [1.807, 2.05) is 0 Å². The van der Waals surface area contributed by atoms with E-state index in [-0.39, 0.29) is 0 Å². The largest absolute Gasteiger partial charge is 0.0654 e. The van der Waals surface area contributed by atoms with Crippen molar-refractivity contribution in [1.29, 1.82) is 0 Å². The highest BCUT2D eigenvalue weighted by molar-refractivity contribution is 5.28. The maximum absolute atomic E-state index is 2.36. The van der Waals surface area contributed by atoms with Gasteiger partial charge in [0.25, 0.3) is 0 Å². The van der Waals surface area contributed by atoms with Crippen molar-refractivity contribution in [2.24, 2.45) is 5.92 Å². The third-order valence-electron chi connectivity index (χ3n) is 4.05. The maximum atomic E-state index is 2.36. The first kappa shape index (κ1) is 16.3. The van der Waals surface area contributed by atoms with Crippen LogP contribution in [0.1, 0.15) is 75.5 Å². The summed E-state index contributed by atoms with van der Waals surface area (Å²) in [4.78, 5) is 0. The monoisotopic (exact) mass is 260 g/mol. The highest BCUT2D eigenvalue weighted by Crippen LogP contribution is 2.22. The standard InChI is InChI=1S/C19H32/c1-5-7-9-18(10-8-6-2)11-12-19-14-16(3)13-17(4)15-19/h13-15,18H,5-12H2,1-4H3. The summed E-state index contributed by atoms with van der Waals surface area (Å²) in [6.07, 6.45) is 11.0. The number of rotatable bonds is 9. The Kier molecular flexibility index (Phi) is 7.86. The van der Waals surface area contributed by atoms with E-state index < -0.39 is 0 Å². The Bertz CT molecular complexity index is 323. The molecule has 0 aliphatic rings. The summed E-state index contributed by atoms with van der Waals surface area (Å²) in [5.41, 5.74) is 4.36. The van der Waals surface area contributed by atoms with Gasteiger partial charge in [0.1, 0.15) is 0 Å². The second-order valence-electron chi connectivity index (χ2n) is 6.19. The summed E-state index contributed by atoms with van der Waals surface area (Å²) in [7, 11) is 0. The first-order valence-electron chi connectivity index (χ1n) is 8.22. The van der Waals surface area contributed by atoms with E-state index in [0.717, 1.165) is 5.92 Å². The van der Waals surface area contributed by atoms with Crippen molar-refractivity contribution < 1.29 is 0 Å². The number of benzene rings is 1. The number of hydrogen-bond donors (Lipinski definition) is 0. The van der Waals surface area contributed by atoms with Crippen LogP contribution in [0.2, 0.25) is 0 Å². The van der Waals surface area contributed by atoms with Gasteiger partial charge in [-0.25, -0.2) is 0 Å². The summed E-state index contributed by atoms with van der Waals surface area (Å²) >= 11 is 0. The molecule has 0 saturated heterocycles. The summed E-state index contributed by atoms with van der Waals surface area (Å²) in [5, 5.41) is 0. The molecular weight excluding hydrogens is 228 g/mol. The lowest BCUT2D eigenvalue weighted by Gasteiger charge is -2.16. The molecule has 108 valence electrons. The molecular formula is C19H32. The van der Waals surface area contributed by atoms with E-state index >= 15 is 0 Å². The zero-order valence-corrected chi connectivity index (χ0v) is 13.5. The van der Waals surface area contributed by atoms with Crippen LogP contribution in [0.3, 0.4) is 0 Å². The summed E-state index contributed by atoms with van der Waals surface area (Å²) in [5.74, 6) is 0.945. The molecule has 0 spiro atoms. The molecule has 0 N–H and O–H groups in total. The molecule has 0 heterocycles. The van der Waals surface area contributed by atoms with Gasteiger partial charge >= 0.3 is 0 Å². The van der Waals surface area contributed by atoms with Gasteiger partial charge in [-0.05, 0) is 38.2 Å². The molecule has 0 heteroatoms. The van der Waals surface area contributed by atoms with Gasteiger partial charge in [0.05, 0.1) is 0 Å². The molecule has 0 aromatic heterocycles. The van der Waals surface area contributed by atoms with Gasteiger partial charge in [-0.3, -0.25) is 0 Å². The molecule has 0 bridgehead atoms. The Balaban J connectivity index is 2.48. The molecule has 0 nitrogen and oxygen atoms in total. The van der Waals surface area contributed by atoms with Crippen LogP contribution in [0.15, 0.2) is 18.2 Å². The maximum Gasteiger partial charge on any atom is -0.0276 e. The lowest BCUT2D eigenvalue weighted by Crippen LogP contribution is -2.03. The van der Waals surface area contributed by atoms with E-state index in [1.165, 1.54) is 68.1 Å². The molecule has 19 heavy (non-hydrogen) atoms. The van der Waals surface area contributed by atoms with Crippen LogP contribution < -0.4 is 0 Å². The van der Waals surface area contributed by atoms with Crippen molar-refractivity contribution in [2.75, 3.05) is 0 Å². The van der Waals surface area contributed by atoms with E-state index in [1.54, 1.807) is 0 Å². The second kappa shape index (κ2) is 9.18. The Hall–Kier alpha value is -0.780. The van der Waals surface area contributed by atoms with Gasteiger partial charge in [-0.1, -0.05) is 81.7 Å². The Labute approximate surface area is 120 Å². The molecule has 1 rings (SSSR count). The number of unbranched alkanes of at least 4 members (excludes halogenated alkanes) is 2. The lowest BCUT2D eigenvalue weighted by atomic mass is 9.89. The Morgan fingerprint density at radius 2 is 1.32 bits per heavy atom. The van der Waals surface area contributed by atoms with Crippen LogP contribution in [-0.2, 0) is 6.42 Å². The molecule has 0 unspecified atom stereocenters. The fraction of sp³-hybridized carbons (Fsp3) is 0.684. The third-order valence-corrected chi connectivity index (χ3v) is 4.05. The minimum atomic E-state index is 0.945. The summed E-state index contributed by atoms with van der Waals surface area (Å²) < 4.78 is 0. The molecule has 0 amide bonds. The SMILES string of the molecule is CCCCC(CCCC)CCc1cc(C)cc(C)c1. The smallest absolute Gasteiger partial charge is 0.0276 e. The van der Waals surface area contributed by atoms with Gasteiger partial charge in [0, 0.05) is 0 Å². The molecule has 0 aliphatic heterocycles. The van der Waals surface area contributed by atoms with Gasteiger partial charge in [0.15, 0.2) is 0 Å². The normalized spacial score (nSPS) is 11.2. The zero-order chi connectivity index (χ0) is 14.1. The van der Waals surface area contributed by atoms with Crippen LogP contribution in [0.4, 0.5) is 0 Å². The van der Waals surface area contributed by atoms with Crippen LogP contribution in [0.5, 0.6) is 0 Å². The highest BCUT2D eigenvalue weighted by Gasteiger charge is 2.08. The fourth-order valence-corrected chi connectivity index (χ4v) is 3.00. The number of aryl methyl sites for hydroxylation is 3. The van der Waals surface area contributed by atoms with Crippen molar-refractivity contribution in [3.63, 3.8) is 0 Å². The highest BCUT2D eigenvalue weighted by atomic mass is 14.1. The third kappa shape index (κ3) is 6.80. The van der Waals surface area contributed by atoms with E-state index in [9.17, 15) is 0 Å².